The smallest absolute Gasteiger partial charge is 0.214 e. The number of sulfonamides is 1. The van der Waals surface area contributed by atoms with Crippen LogP contribution >= 0.6 is 0 Å². The highest BCUT2D eigenvalue weighted by Crippen LogP contribution is 2.35. The first kappa shape index (κ1) is 16.7. The maximum Gasteiger partial charge on any atom is 0.214 e. The van der Waals surface area contributed by atoms with E-state index in [9.17, 15) is 21.6 Å². The maximum absolute atomic E-state index is 13.6. The second kappa shape index (κ2) is 6.07. The fraction of sp³-hybridized carbons (Fsp3) is 0.600. The van der Waals surface area contributed by atoms with Gasteiger partial charge in [-0.05, 0) is 43.5 Å². The van der Waals surface area contributed by atoms with E-state index in [-0.39, 0.29) is 10.8 Å². The number of likely N-dealkylation sites (N-methyl/N-ethyl adjacent to an activating group) is 1. The number of nitrogens with one attached hydrogen (secondary N) is 1. The Morgan fingerprint density at radius 1 is 1.17 bits per heavy atom. The number of likely N-dealkylation sites (tertiary alicyclic amines) is 1. The standard InChI is InChI=1S/C15H19F3N2O2S/c1-2-20-6-5-13(19-23(21,22)10-3-4-10)15(20)9-7-11(16)14(18)12(17)8-9/h7-8,10,13,15,19H,2-6H2,1H3/t13-,15+/m1/s1. The lowest BCUT2D eigenvalue weighted by Gasteiger charge is -2.28. The van der Waals surface area contributed by atoms with Crippen LogP contribution in [-0.2, 0) is 10.0 Å². The quantitative estimate of drug-likeness (QED) is 0.831. The number of hydrogen-bond donors (Lipinski definition) is 1. The largest absolute Gasteiger partial charge is 0.295 e. The highest BCUT2D eigenvalue weighted by molar-refractivity contribution is 7.90. The highest BCUT2D eigenvalue weighted by Gasteiger charge is 2.42. The molecule has 4 nitrogen and oxygen atoms in total. The average Bonchev–Trinajstić information content (AvgIpc) is 3.27. The second-order valence-corrected chi connectivity index (χ2v) is 8.12. The Bertz CT molecular complexity index is 684. The van der Waals surface area contributed by atoms with Gasteiger partial charge in [-0.3, -0.25) is 4.90 Å². The van der Waals surface area contributed by atoms with Gasteiger partial charge in [0.05, 0.1) is 11.3 Å². The molecular formula is C15H19F3N2O2S. The van der Waals surface area contributed by atoms with Crippen molar-refractivity contribution >= 4 is 10.0 Å². The van der Waals surface area contributed by atoms with Gasteiger partial charge in [-0.1, -0.05) is 6.92 Å². The monoisotopic (exact) mass is 348 g/mol. The van der Waals surface area contributed by atoms with E-state index in [0.717, 1.165) is 12.1 Å². The molecule has 128 valence electrons. The molecule has 0 unspecified atom stereocenters. The zero-order chi connectivity index (χ0) is 16.8. The highest BCUT2D eigenvalue weighted by atomic mass is 32.2. The summed E-state index contributed by atoms with van der Waals surface area (Å²) in [6, 6.07) is 0.938. The van der Waals surface area contributed by atoms with Crippen molar-refractivity contribution in [1.82, 2.24) is 9.62 Å². The van der Waals surface area contributed by atoms with Crippen LogP contribution in [0.2, 0.25) is 0 Å². The Kier molecular flexibility index (Phi) is 4.41. The summed E-state index contributed by atoms with van der Waals surface area (Å²) in [7, 11) is -3.41. The van der Waals surface area contributed by atoms with E-state index in [1.807, 2.05) is 11.8 Å². The van der Waals surface area contributed by atoms with Gasteiger partial charge in [-0.2, -0.15) is 0 Å². The minimum absolute atomic E-state index is 0.254. The third-order valence-electron chi connectivity index (χ3n) is 4.53. The Morgan fingerprint density at radius 2 is 1.78 bits per heavy atom. The van der Waals surface area contributed by atoms with Crippen LogP contribution in [0.15, 0.2) is 12.1 Å². The van der Waals surface area contributed by atoms with Gasteiger partial charge < -0.3 is 0 Å². The van der Waals surface area contributed by atoms with Crippen LogP contribution in [0.25, 0.3) is 0 Å². The Balaban J connectivity index is 1.91. The van der Waals surface area contributed by atoms with E-state index >= 15 is 0 Å². The topological polar surface area (TPSA) is 49.4 Å². The van der Waals surface area contributed by atoms with Crippen LogP contribution < -0.4 is 4.72 Å². The minimum atomic E-state index is -3.41. The summed E-state index contributed by atoms with van der Waals surface area (Å²) in [6.07, 6.45) is 1.83. The molecule has 23 heavy (non-hydrogen) atoms. The van der Waals surface area contributed by atoms with Gasteiger partial charge in [0.1, 0.15) is 0 Å². The van der Waals surface area contributed by atoms with Crippen molar-refractivity contribution in [3.8, 4) is 0 Å². The molecule has 1 aliphatic carbocycles. The van der Waals surface area contributed by atoms with Crippen LogP contribution in [0.3, 0.4) is 0 Å². The lowest BCUT2D eigenvalue weighted by atomic mass is 10.0. The molecule has 2 atom stereocenters. The zero-order valence-corrected chi connectivity index (χ0v) is 13.5. The van der Waals surface area contributed by atoms with Gasteiger partial charge in [0.15, 0.2) is 17.5 Å². The minimum Gasteiger partial charge on any atom is -0.295 e. The number of hydrogen-bond acceptors (Lipinski definition) is 3. The first-order valence-corrected chi connectivity index (χ1v) is 9.27. The Morgan fingerprint density at radius 3 is 2.30 bits per heavy atom. The molecule has 1 saturated heterocycles. The second-order valence-electron chi connectivity index (χ2n) is 6.13. The summed E-state index contributed by atoms with van der Waals surface area (Å²) in [5, 5.41) is -0.361. The third kappa shape index (κ3) is 3.25. The molecule has 8 heteroatoms. The van der Waals surface area contributed by atoms with Gasteiger partial charge in [0, 0.05) is 12.6 Å². The van der Waals surface area contributed by atoms with Crippen LogP contribution in [0.1, 0.15) is 37.8 Å². The van der Waals surface area contributed by atoms with Gasteiger partial charge >= 0.3 is 0 Å². The molecule has 1 aromatic carbocycles. The SMILES string of the molecule is CCN1CC[C@@H](NS(=O)(=O)C2CC2)[C@@H]1c1cc(F)c(F)c(F)c1. The van der Waals surface area contributed by atoms with E-state index < -0.39 is 39.6 Å². The lowest BCUT2D eigenvalue weighted by molar-refractivity contribution is 0.254. The van der Waals surface area contributed by atoms with Crippen LogP contribution in [0.5, 0.6) is 0 Å². The van der Waals surface area contributed by atoms with Crippen molar-refractivity contribution < 1.29 is 21.6 Å². The van der Waals surface area contributed by atoms with E-state index in [2.05, 4.69) is 4.72 Å². The summed E-state index contributed by atoms with van der Waals surface area (Å²) in [6.45, 7) is 3.10. The Hall–Kier alpha value is -1.12. The first-order valence-electron chi connectivity index (χ1n) is 7.73. The van der Waals surface area contributed by atoms with E-state index in [4.69, 9.17) is 0 Å². The van der Waals surface area contributed by atoms with Crippen LogP contribution in [0, 0.1) is 17.5 Å². The lowest BCUT2D eigenvalue weighted by Crippen LogP contribution is -2.41. The van der Waals surface area contributed by atoms with Crippen molar-refractivity contribution in [2.75, 3.05) is 13.1 Å². The molecule has 0 radical (unpaired) electrons. The van der Waals surface area contributed by atoms with Gasteiger partial charge in [-0.25, -0.2) is 26.3 Å². The first-order chi connectivity index (χ1) is 10.8. The van der Waals surface area contributed by atoms with E-state index in [1.165, 1.54) is 0 Å². The van der Waals surface area contributed by atoms with Crippen molar-refractivity contribution in [1.29, 1.82) is 0 Å². The van der Waals surface area contributed by atoms with Crippen molar-refractivity contribution in [3.05, 3.63) is 35.1 Å². The van der Waals surface area contributed by atoms with E-state index in [1.54, 1.807) is 0 Å². The molecule has 1 N–H and O–H groups in total. The predicted molar refractivity (Wildman–Crippen MR) is 79.8 cm³/mol. The van der Waals surface area contributed by atoms with Crippen molar-refractivity contribution in [3.63, 3.8) is 0 Å². The number of rotatable bonds is 5. The van der Waals surface area contributed by atoms with Crippen LogP contribution in [0.4, 0.5) is 13.2 Å². The molecular weight excluding hydrogens is 329 g/mol. The molecule has 1 aliphatic heterocycles. The number of benzene rings is 1. The van der Waals surface area contributed by atoms with Crippen LogP contribution in [-0.4, -0.2) is 37.7 Å². The molecule has 0 spiro atoms. The summed E-state index contributed by atoms with van der Waals surface area (Å²) in [5.41, 5.74) is 0.254. The van der Waals surface area contributed by atoms with Gasteiger partial charge in [0.2, 0.25) is 10.0 Å². The molecule has 2 fully saturated rings. The number of halogens is 3. The van der Waals surface area contributed by atoms with Gasteiger partial charge in [-0.15, -0.1) is 0 Å². The van der Waals surface area contributed by atoms with E-state index in [0.29, 0.717) is 32.4 Å². The molecule has 1 heterocycles. The van der Waals surface area contributed by atoms with Gasteiger partial charge in [0.25, 0.3) is 0 Å². The molecule has 0 aromatic heterocycles. The fourth-order valence-electron chi connectivity index (χ4n) is 3.21. The fourth-order valence-corrected chi connectivity index (χ4v) is 4.83. The van der Waals surface area contributed by atoms with Crippen molar-refractivity contribution in [2.24, 2.45) is 0 Å². The average molecular weight is 348 g/mol. The summed E-state index contributed by atoms with van der Waals surface area (Å²) >= 11 is 0. The number of nitrogens with zero attached hydrogens (tertiary/aromatic N) is 1. The molecule has 1 aromatic rings. The predicted octanol–water partition coefficient (Wildman–Crippen LogP) is 2.32. The molecule has 3 rings (SSSR count). The molecule has 0 amide bonds. The third-order valence-corrected chi connectivity index (χ3v) is 6.51. The molecule has 1 saturated carbocycles. The maximum atomic E-state index is 13.6. The summed E-state index contributed by atoms with van der Waals surface area (Å²) < 4.78 is 67.3. The normalized spacial score (nSPS) is 25.9. The molecule has 2 aliphatic rings. The van der Waals surface area contributed by atoms with Crippen molar-refractivity contribution in [2.45, 2.75) is 43.5 Å². The summed E-state index contributed by atoms with van der Waals surface area (Å²) in [4.78, 5) is 1.94. The molecule has 0 bridgehead atoms. The summed E-state index contributed by atoms with van der Waals surface area (Å²) in [5.74, 6) is -4.02. The Labute approximate surface area is 133 Å². The zero-order valence-electron chi connectivity index (χ0n) is 12.7.